The molecule has 0 aliphatic rings. The van der Waals surface area contributed by atoms with E-state index in [-0.39, 0.29) is 6.42 Å². The molecule has 0 aliphatic heterocycles. The molecule has 4 rings (SSSR count). The van der Waals surface area contributed by atoms with E-state index in [4.69, 9.17) is 9.52 Å². The summed E-state index contributed by atoms with van der Waals surface area (Å²) in [5.74, 6) is 0.119. The highest BCUT2D eigenvalue weighted by Crippen LogP contribution is 2.32. The third-order valence-electron chi connectivity index (χ3n) is 5.09. The van der Waals surface area contributed by atoms with Crippen molar-refractivity contribution < 1.29 is 14.3 Å². The van der Waals surface area contributed by atoms with Crippen LogP contribution in [0.1, 0.15) is 17.5 Å². The molecule has 0 atom stereocenters. The van der Waals surface area contributed by atoms with Crippen LogP contribution in [0.15, 0.2) is 77.2 Å². The van der Waals surface area contributed by atoms with Gasteiger partial charge in [-0.05, 0) is 47.4 Å². The number of carboxylic acid groups (broad SMARTS) is 1. The van der Waals surface area contributed by atoms with Gasteiger partial charge in [0.25, 0.3) is 0 Å². The summed E-state index contributed by atoms with van der Waals surface area (Å²) in [7, 11) is 0. The predicted molar refractivity (Wildman–Crippen MR) is 119 cm³/mol. The van der Waals surface area contributed by atoms with E-state index < -0.39 is 5.97 Å². The van der Waals surface area contributed by atoms with E-state index in [1.54, 1.807) is 0 Å². The first-order valence-electron chi connectivity index (χ1n) is 10.1. The van der Waals surface area contributed by atoms with Gasteiger partial charge in [-0.1, -0.05) is 54.6 Å². The lowest BCUT2D eigenvalue weighted by atomic mass is 9.96. The van der Waals surface area contributed by atoms with Crippen molar-refractivity contribution >= 4 is 5.97 Å². The van der Waals surface area contributed by atoms with Crippen molar-refractivity contribution in [3.8, 4) is 34.0 Å². The topological polar surface area (TPSA) is 88.2 Å². The van der Waals surface area contributed by atoms with Crippen LogP contribution in [0.25, 0.3) is 34.0 Å². The summed E-state index contributed by atoms with van der Waals surface area (Å²) >= 11 is 0. The first-order valence-corrected chi connectivity index (χ1v) is 10.1. The number of nitrogens with one attached hydrogen (secondary N) is 1. The van der Waals surface area contributed by atoms with Crippen LogP contribution in [0.2, 0.25) is 0 Å². The summed E-state index contributed by atoms with van der Waals surface area (Å²) in [4.78, 5) is 10.6. The van der Waals surface area contributed by atoms with Crippen LogP contribution in [-0.2, 0) is 11.3 Å². The average Bonchev–Trinajstić information content (AvgIpc) is 3.28. The third-order valence-corrected chi connectivity index (χ3v) is 5.09. The highest BCUT2D eigenvalue weighted by molar-refractivity contribution is 5.75. The van der Waals surface area contributed by atoms with Crippen LogP contribution >= 0.6 is 0 Å². The minimum absolute atomic E-state index is 0.0914. The minimum Gasteiger partial charge on any atom is -0.481 e. The third kappa shape index (κ3) is 4.87. The predicted octanol–water partition coefficient (Wildman–Crippen LogP) is 4.94. The summed E-state index contributed by atoms with van der Waals surface area (Å²) in [5, 5.41) is 20.4. The second-order valence-corrected chi connectivity index (χ2v) is 7.28. The largest absolute Gasteiger partial charge is 0.481 e. The Labute approximate surface area is 180 Å². The number of hydrogen-bond donors (Lipinski definition) is 2. The Balaban J connectivity index is 1.55. The molecule has 0 saturated heterocycles. The number of aliphatic carboxylic acids is 1. The highest BCUT2D eigenvalue weighted by atomic mass is 16.4. The van der Waals surface area contributed by atoms with Crippen LogP contribution in [0.3, 0.4) is 0 Å². The first kappa shape index (κ1) is 20.5. The van der Waals surface area contributed by atoms with Gasteiger partial charge in [0.1, 0.15) is 0 Å². The Morgan fingerprint density at radius 2 is 1.61 bits per heavy atom. The van der Waals surface area contributed by atoms with E-state index in [0.29, 0.717) is 24.9 Å². The van der Waals surface area contributed by atoms with Crippen molar-refractivity contribution in [1.82, 2.24) is 15.5 Å². The summed E-state index contributed by atoms with van der Waals surface area (Å²) in [6, 6.07) is 24.1. The summed E-state index contributed by atoms with van der Waals surface area (Å²) in [6.07, 6.45) is 0.0914. The zero-order valence-corrected chi connectivity index (χ0v) is 17.2. The summed E-state index contributed by atoms with van der Waals surface area (Å²) in [6.45, 7) is 3.05. The number of nitrogens with zero attached hydrogens (tertiary/aromatic N) is 2. The SMILES string of the molecule is Cc1c(-c2ccccc2)cccc1-c1nnc(-c2cccc(CNCCC(=O)O)c2)o1. The van der Waals surface area contributed by atoms with E-state index in [1.165, 1.54) is 0 Å². The van der Waals surface area contributed by atoms with Crippen LogP contribution in [-0.4, -0.2) is 27.8 Å². The lowest BCUT2D eigenvalue weighted by Crippen LogP contribution is -2.17. The molecule has 1 heterocycles. The molecule has 1 aromatic heterocycles. The van der Waals surface area contributed by atoms with Crippen molar-refractivity contribution in [2.24, 2.45) is 0 Å². The Hall–Kier alpha value is -3.77. The smallest absolute Gasteiger partial charge is 0.304 e. The Bertz CT molecular complexity index is 1190. The molecule has 0 unspecified atom stereocenters. The van der Waals surface area contributed by atoms with Gasteiger partial charge in [0, 0.05) is 24.2 Å². The molecular weight excluding hydrogens is 390 g/mol. The quantitative estimate of drug-likeness (QED) is 0.398. The number of hydrogen-bond acceptors (Lipinski definition) is 5. The molecule has 6 nitrogen and oxygen atoms in total. The molecule has 156 valence electrons. The van der Waals surface area contributed by atoms with Gasteiger partial charge in [-0.15, -0.1) is 10.2 Å². The molecule has 3 aromatic carbocycles. The van der Waals surface area contributed by atoms with Crippen molar-refractivity contribution in [1.29, 1.82) is 0 Å². The standard InChI is InChI=1S/C25H23N3O3/c1-17-21(19-8-3-2-4-9-19)11-6-12-22(17)25-28-27-24(31-25)20-10-5-7-18(15-20)16-26-14-13-23(29)30/h2-12,15,26H,13-14,16H2,1H3,(H,29,30). The Kier molecular flexibility index (Phi) is 6.19. The molecule has 6 heteroatoms. The van der Waals surface area contributed by atoms with E-state index >= 15 is 0 Å². The van der Waals surface area contributed by atoms with Crippen LogP contribution < -0.4 is 5.32 Å². The second-order valence-electron chi connectivity index (χ2n) is 7.28. The van der Waals surface area contributed by atoms with E-state index in [9.17, 15) is 4.79 Å². The molecule has 0 spiro atoms. The van der Waals surface area contributed by atoms with Crippen LogP contribution in [0.4, 0.5) is 0 Å². The number of aromatic nitrogens is 2. The summed E-state index contributed by atoms with van der Waals surface area (Å²) in [5.41, 5.74) is 6.11. The zero-order chi connectivity index (χ0) is 21.6. The molecule has 31 heavy (non-hydrogen) atoms. The number of benzene rings is 3. The summed E-state index contributed by atoms with van der Waals surface area (Å²) < 4.78 is 6.02. The van der Waals surface area contributed by atoms with E-state index in [0.717, 1.165) is 33.4 Å². The van der Waals surface area contributed by atoms with Gasteiger partial charge in [-0.2, -0.15) is 0 Å². The lowest BCUT2D eigenvalue weighted by Gasteiger charge is -2.09. The number of carbonyl (C=O) groups is 1. The fourth-order valence-corrected chi connectivity index (χ4v) is 3.49. The fraction of sp³-hybridized carbons (Fsp3) is 0.160. The molecule has 0 saturated carbocycles. The first-order chi connectivity index (χ1) is 15.1. The fourth-order valence-electron chi connectivity index (χ4n) is 3.49. The van der Waals surface area contributed by atoms with Crippen molar-refractivity contribution in [3.05, 3.63) is 83.9 Å². The molecular formula is C25H23N3O3. The molecule has 0 amide bonds. The molecule has 0 aliphatic carbocycles. The molecule has 4 aromatic rings. The van der Waals surface area contributed by atoms with Crippen molar-refractivity contribution in [3.63, 3.8) is 0 Å². The maximum Gasteiger partial charge on any atom is 0.304 e. The van der Waals surface area contributed by atoms with Gasteiger partial charge in [0.15, 0.2) is 0 Å². The average molecular weight is 413 g/mol. The van der Waals surface area contributed by atoms with Crippen molar-refractivity contribution in [2.75, 3.05) is 6.54 Å². The highest BCUT2D eigenvalue weighted by Gasteiger charge is 2.15. The van der Waals surface area contributed by atoms with Gasteiger partial charge in [-0.25, -0.2) is 0 Å². The Morgan fingerprint density at radius 3 is 2.42 bits per heavy atom. The Morgan fingerprint density at radius 1 is 0.903 bits per heavy atom. The minimum atomic E-state index is -0.814. The molecule has 0 fully saturated rings. The monoisotopic (exact) mass is 413 g/mol. The van der Waals surface area contributed by atoms with Gasteiger partial charge < -0.3 is 14.8 Å². The van der Waals surface area contributed by atoms with Crippen LogP contribution in [0, 0.1) is 6.92 Å². The normalized spacial score (nSPS) is 10.9. The second kappa shape index (κ2) is 9.36. The molecule has 0 bridgehead atoms. The van der Waals surface area contributed by atoms with Gasteiger partial charge in [-0.3, -0.25) is 4.79 Å². The van der Waals surface area contributed by atoms with Gasteiger partial charge in [0.2, 0.25) is 11.8 Å². The van der Waals surface area contributed by atoms with E-state index in [1.807, 2.05) is 54.6 Å². The van der Waals surface area contributed by atoms with Gasteiger partial charge >= 0.3 is 5.97 Å². The zero-order valence-electron chi connectivity index (χ0n) is 17.2. The van der Waals surface area contributed by atoms with Crippen LogP contribution in [0.5, 0.6) is 0 Å². The molecule has 0 radical (unpaired) electrons. The number of rotatable bonds is 8. The maximum atomic E-state index is 10.6. The number of carboxylic acids is 1. The van der Waals surface area contributed by atoms with E-state index in [2.05, 4.69) is 40.6 Å². The van der Waals surface area contributed by atoms with Crippen molar-refractivity contribution in [2.45, 2.75) is 19.9 Å². The lowest BCUT2D eigenvalue weighted by molar-refractivity contribution is -0.136. The maximum absolute atomic E-state index is 10.6. The van der Waals surface area contributed by atoms with Gasteiger partial charge in [0.05, 0.1) is 6.42 Å². The molecule has 2 N–H and O–H groups in total.